The summed E-state index contributed by atoms with van der Waals surface area (Å²) in [6, 6.07) is 3.56. The number of carbonyl (C=O) groups excluding carboxylic acids is 2. The molecular formula is C13H16ClN3O4S2. The van der Waals surface area contributed by atoms with E-state index < -0.39 is 15.9 Å². The number of amides is 1. The summed E-state index contributed by atoms with van der Waals surface area (Å²) < 4.78 is 21.9. The normalized spacial score (nSPS) is 14.0. The summed E-state index contributed by atoms with van der Waals surface area (Å²) in [6.07, 6.45) is 5.87. The van der Waals surface area contributed by atoms with Crippen LogP contribution in [0.4, 0.5) is 0 Å². The molecule has 1 aromatic rings. The average Bonchev–Trinajstić information content (AvgIpc) is 2.98. The average molecular weight is 378 g/mol. The highest BCUT2D eigenvalue weighted by Crippen LogP contribution is 2.13. The van der Waals surface area contributed by atoms with Crippen LogP contribution in [-0.2, 0) is 14.8 Å². The summed E-state index contributed by atoms with van der Waals surface area (Å²) in [6.45, 7) is 0.381. The lowest BCUT2D eigenvalue weighted by molar-refractivity contribution is -0.118. The van der Waals surface area contributed by atoms with E-state index in [4.69, 9.17) is 0 Å². The van der Waals surface area contributed by atoms with Crippen molar-refractivity contribution in [1.82, 2.24) is 15.2 Å². The van der Waals surface area contributed by atoms with Gasteiger partial charge < -0.3 is 4.90 Å². The lowest BCUT2D eigenvalue weighted by Crippen LogP contribution is -2.43. The maximum atomic E-state index is 12.0. The van der Waals surface area contributed by atoms with Crippen LogP contribution in [0.3, 0.4) is 0 Å². The zero-order chi connectivity index (χ0) is 16.2. The van der Waals surface area contributed by atoms with Gasteiger partial charge in [0.15, 0.2) is 5.78 Å². The molecule has 1 aliphatic rings. The van der Waals surface area contributed by atoms with Crippen molar-refractivity contribution < 1.29 is 18.0 Å². The highest BCUT2D eigenvalue weighted by atomic mass is 35.5. The largest absolute Gasteiger partial charge is 0.365 e. The molecule has 0 bridgehead atoms. The minimum absolute atomic E-state index is 0. The predicted octanol–water partition coefficient (Wildman–Crippen LogP) is 0.689. The van der Waals surface area contributed by atoms with Gasteiger partial charge in [-0.05, 0) is 23.7 Å². The molecule has 0 radical (unpaired) electrons. The van der Waals surface area contributed by atoms with Crippen LogP contribution in [0.15, 0.2) is 41.4 Å². The summed E-state index contributed by atoms with van der Waals surface area (Å²) >= 11 is 1.37. The summed E-state index contributed by atoms with van der Waals surface area (Å²) in [7, 11) is -3.51. The van der Waals surface area contributed by atoms with E-state index in [9.17, 15) is 18.0 Å². The van der Waals surface area contributed by atoms with Crippen LogP contribution in [0.25, 0.3) is 0 Å². The SMILES string of the molecule is CS(=O)(=O)NNC(=O)C1=CC=CN(CC(=O)c2cccs2)C1.Cl. The molecule has 0 aliphatic carbocycles. The first kappa shape index (κ1) is 19.4. The molecule has 0 atom stereocenters. The van der Waals surface area contributed by atoms with Gasteiger partial charge in [0.2, 0.25) is 10.0 Å². The van der Waals surface area contributed by atoms with E-state index in [0.717, 1.165) is 6.26 Å². The van der Waals surface area contributed by atoms with Crippen LogP contribution in [0.2, 0.25) is 0 Å². The topological polar surface area (TPSA) is 95.6 Å². The Bertz CT molecular complexity index is 726. The fourth-order valence-electron chi connectivity index (χ4n) is 1.78. The highest BCUT2D eigenvalue weighted by molar-refractivity contribution is 7.88. The molecule has 126 valence electrons. The first-order valence-electron chi connectivity index (χ1n) is 6.30. The molecule has 0 aromatic carbocycles. The van der Waals surface area contributed by atoms with Crippen LogP contribution < -0.4 is 10.3 Å². The van der Waals surface area contributed by atoms with Crippen LogP contribution in [0.1, 0.15) is 9.67 Å². The number of carbonyl (C=O) groups is 2. The summed E-state index contributed by atoms with van der Waals surface area (Å²) in [5, 5.41) is 1.83. The Kier molecular flexibility index (Phi) is 6.95. The van der Waals surface area contributed by atoms with E-state index in [0.29, 0.717) is 10.5 Å². The summed E-state index contributed by atoms with van der Waals surface area (Å²) in [4.78, 5) is 28.2. The number of hydrogen-bond acceptors (Lipinski definition) is 6. The monoisotopic (exact) mass is 377 g/mol. The van der Waals surface area contributed by atoms with Crippen molar-refractivity contribution in [1.29, 1.82) is 0 Å². The zero-order valence-electron chi connectivity index (χ0n) is 12.2. The molecule has 2 heterocycles. The smallest absolute Gasteiger partial charge is 0.263 e. The van der Waals surface area contributed by atoms with Gasteiger partial charge in [-0.3, -0.25) is 15.0 Å². The number of Topliss-reactive ketones (excluding diaryl/α,β-unsaturated/α-hetero) is 1. The van der Waals surface area contributed by atoms with Gasteiger partial charge in [-0.25, -0.2) is 8.42 Å². The predicted molar refractivity (Wildman–Crippen MR) is 90.8 cm³/mol. The maximum Gasteiger partial charge on any atom is 0.263 e. The Morgan fingerprint density at radius 1 is 1.39 bits per heavy atom. The van der Waals surface area contributed by atoms with E-state index in [1.165, 1.54) is 11.3 Å². The number of rotatable bonds is 6. The van der Waals surface area contributed by atoms with Crippen molar-refractivity contribution in [2.75, 3.05) is 19.3 Å². The number of nitrogens with one attached hydrogen (secondary N) is 2. The second-order valence-corrected chi connectivity index (χ2v) is 7.36. The van der Waals surface area contributed by atoms with Crippen molar-refractivity contribution in [3.05, 3.63) is 46.3 Å². The van der Waals surface area contributed by atoms with E-state index in [1.807, 2.05) is 10.2 Å². The molecule has 0 spiro atoms. The van der Waals surface area contributed by atoms with Gasteiger partial charge in [-0.2, -0.15) is 0 Å². The number of nitrogens with zero attached hydrogens (tertiary/aromatic N) is 1. The van der Waals surface area contributed by atoms with Gasteiger partial charge in [0.1, 0.15) is 0 Å². The molecule has 1 aromatic heterocycles. The molecule has 0 fully saturated rings. The number of halogens is 1. The number of thiophene rings is 1. The quantitative estimate of drug-likeness (QED) is 0.561. The molecular weight excluding hydrogens is 362 g/mol. The molecule has 1 aliphatic heterocycles. The molecule has 1 amide bonds. The van der Waals surface area contributed by atoms with Gasteiger partial charge in [-0.1, -0.05) is 12.1 Å². The first-order valence-corrected chi connectivity index (χ1v) is 9.07. The molecule has 0 saturated carbocycles. The Labute approximate surface area is 144 Å². The number of ketones is 1. The lowest BCUT2D eigenvalue weighted by Gasteiger charge is -2.23. The molecule has 10 heteroatoms. The van der Waals surface area contributed by atoms with Crippen LogP contribution >= 0.6 is 23.7 Å². The number of sulfonamides is 1. The van der Waals surface area contributed by atoms with Crippen molar-refractivity contribution in [2.24, 2.45) is 0 Å². The third-order valence-electron chi connectivity index (χ3n) is 2.75. The number of hydrazine groups is 1. The summed E-state index contributed by atoms with van der Waals surface area (Å²) in [5.74, 6) is -0.584. The van der Waals surface area contributed by atoms with Gasteiger partial charge in [0, 0.05) is 12.1 Å². The molecule has 0 unspecified atom stereocenters. The third kappa shape index (κ3) is 6.14. The Morgan fingerprint density at radius 3 is 2.74 bits per heavy atom. The Balaban J connectivity index is 0.00000264. The second-order valence-electron chi connectivity index (χ2n) is 4.67. The van der Waals surface area contributed by atoms with Gasteiger partial charge in [0.25, 0.3) is 5.91 Å². The minimum atomic E-state index is -3.51. The number of hydrogen-bond donors (Lipinski definition) is 2. The van der Waals surface area contributed by atoms with E-state index in [2.05, 4.69) is 5.43 Å². The first-order chi connectivity index (χ1) is 10.3. The van der Waals surface area contributed by atoms with Gasteiger partial charge in [-0.15, -0.1) is 28.6 Å². The molecule has 2 rings (SSSR count). The van der Waals surface area contributed by atoms with Crippen LogP contribution in [0, 0.1) is 0 Å². The Hall–Kier alpha value is -1.68. The molecule has 23 heavy (non-hydrogen) atoms. The molecule has 7 nitrogen and oxygen atoms in total. The van der Waals surface area contributed by atoms with Crippen molar-refractivity contribution in [3.63, 3.8) is 0 Å². The zero-order valence-corrected chi connectivity index (χ0v) is 14.6. The van der Waals surface area contributed by atoms with Crippen molar-refractivity contribution >= 4 is 45.5 Å². The van der Waals surface area contributed by atoms with Gasteiger partial charge >= 0.3 is 0 Å². The van der Waals surface area contributed by atoms with Crippen LogP contribution in [-0.4, -0.2) is 44.4 Å². The Morgan fingerprint density at radius 2 is 2.13 bits per heavy atom. The standard InChI is InChI=1S/C13H15N3O4S2.ClH/c1-22(19,20)15-14-13(18)10-4-2-6-16(8-10)9-11(17)12-5-3-7-21-12;/h2-7,15H,8-9H2,1H3,(H,14,18);1H. The molecule has 0 saturated heterocycles. The van der Waals surface area contributed by atoms with E-state index in [1.54, 1.807) is 35.4 Å². The number of allylic oxidation sites excluding steroid dienone is 2. The third-order valence-corrected chi connectivity index (χ3v) is 4.14. The fourth-order valence-corrected chi connectivity index (χ4v) is 2.72. The minimum Gasteiger partial charge on any atom is -0.365 e. The second kappa shape index (κ2) is 8.25. The highest BCUT2D eigenvalue weighted by Gasteiger charge is 2.18. The lowest BCUT2D eigenvalue weighted by atomic mass is 10.1. The fraction of sp³-hybridized carbons (Fsp3) is 0.231. The van der Waals surface area contributed by atoms with Crippen molar-refractivity contribution in [2.45, 2.75) is 0 Å². The molecule has 2 N–H and O–H groups in total. The van der Waals surface area contributed by atoms with Crippen molar-refractivity contribution in [3.8, 4) is 0 Å². The maximum absolute atomic E-state index is 12.0. The van der Waals surface area contributed by atoms with Crippen LogP contribution in [0.5, 0.6) is 0 Å². The van der Waals surface area contributed by atoms with Gasteiger partial charge in [0.05, 0.1) is 17.7 Å². The van der Waals surface area contributed by atoms with E-state index >= 15 is 0 Å². The van der Waals surface area contributed by atoms with E-state index in [-0.39, 0.29) is 31.3 Å². The summed E-state index contributed by atoms with van der Waals surface area (Å²) in [5.41, 5.74) is 2.46.